The molecule has 2 aromatic rings. The molecule has 1 atom stereocenters. The van der Waals surface area contributed by atoms with E-state index in [-0.39, 0.29) is 11.2 Å². The predicted molar refractivity (Wildman–Crippen MR) is 97.4 cm³/mol. The highest BCUT2D eigenvalue weighted by atomic mass is 16.5. The van der Waals surface area contributed by atoms with E-state index >= 15 is 0 Å². The smallest absolute Gasteiger partial charge is 0.166 e. The van der Waals surface area contributed by atoms with E-state index in [2.05, 4.69) is 45.0 Å². The molecule has 0 aliphatic carbocycles. The molecule has 126 valence electrons. The first-order chi connectivity index (χ1) is 11.4. The fraction of sp³-hybridized carbons (Fsp3) is 0.409. The van der Waals surface area contributed by atoms with E-state index in [9.17, 15) is 4.79 Å². The summed E-state index contributed by atoms with van der Waals surface area (Å²) in [5, 5.41) is 0. The monoisotopic (exact) mass is 322 g/mol. The number of ether oxygens (including phenoxy) is 1. The summed E-state index contributed by atoms with van der Waals surface area (Å²) in [4.78, 5) is 12.9. The van der Waals surface area contributed by atoms with Crippen LogP contribution in [0.5, 0.6) is 0 Å². The third-order valence-corrected chi connectivity index (χ3v) is 4.92. The first-order valence-electron chi connectivity index (χ1n) is 8.74. The minimum absolute atomic E-state index is 0.0986. The van der Waals surface area contributed by atoms with Crippen LogP contribution in [0.15, 0.2) is 54.6 Å². The minimum atomic E-state index is -0.457. The molecule has 2 nitrogen and oxygen atoms in total. The predicted octanol–water partition coefficient (Wildman–Crippen LogP) is 5.26. The lowest BCUT2D eigenvalue weighted by Crippen LogP contribution is -2.28. The number of hydrogen-bond acceptors (Lipinski definition) is 2. The third-order valence-electron chi connectivity index (χ3n) is 4.92. The Morgan fingerprint density at radius 3 is 2.25 bits per heavy atom. The number of ketones is 1. The molecule has 24 heavy (non-hydrogen) atoms. The molecule has 1 heterocycles. The van der Waals surface area contributed by atoms with Crippen molar-refractivity contribution >= 4 is 5.78 Å². The van der Waals surface area contributed by atoms with Crippen LogP contribution in [0.1, 0.15) is 61.5 Å². The standard InChI is InChI=1S/C22H26O2/c1-21(2,3)18-12-10-17(11-13-18)20(23)16-22(14-7-15-24-22)19-8-5-4-6-9-19/h4-6,8-13H,7,14-16H2,1-3H3. The Morgan fingerprint density at radius 2 is 1.71 bits per heavy atom. The van der Waals surface area contributed by atoms with Crippen molar-refractivity contribution in [1.29, 1.82) is 0 Å². The molecule has 0 aromatic heterocycles. The van der Waals surface area contributed by atoms with Gasteiger partial charge in [0.25, 0.3) is 0 Å². The zero-order valence-electron chi connectivity index (χ0n) is 14.8. The van der Waals surface area contributed by atoms with Crippen molar-refractivity contribution in [1.82, 2.24) is 0 Å². The summed E-state index contributed by atoms with van der Waals surface area (Å²) in [6.07, 6.45) is 2.32. The molecule has 2 aromatic carbocycles. The molecule has 3 rings (SSSR count). The Balaban J connectivity index is 1.82. The topological polar surface area (TPSA) is 26.3 Å². The minimum Gasteiger partial charge on any atom is -0.370 e. The summed E-state index contributed by atoms with van der Waals surface area (Å²) in [5.74, 6) is 0.154. The molecule has 0 bridgehead atoms. The van der Waals surface area contributed by atoms with Crippen LogP contribution in [-0.2, 0) is 15.8 Å². The Bertz CT molecular complexity index is 687. The molecule has 0 spiro atoms. The maximum Gasteiger partial charge on any atom is 0.166 e. The maximum atomic E-state index is 12.9. The number of rotatable bonds is 4. The fourth-order valence-electron chi connectivity index (χ4n) is 3.43. The van der Waals surface area contributed by atoms with E-state index in [4.69, 9.17) is 4.74 Å². The molecular formula is C22H26O2. The molecule has 1 saturated heterocycles. The zero-order valence-corrected chi connectivity index (χ0v) is 14.8. The van der Waals surface area contributed by atoms with Crippen molar-refractivity contribution in [2.24, 2.45) is 0 Å². The lowest BCUT2D eigenvalue weighted by Gasteiger charge is -2.28. The molecule has 0 radical (unpaired) electrons. The van der Waals surface area contributed by atoms with Gasteiger partial charge in [-0.25, -0.2) is 0 Å². The van der Waals surface area contributed by atoms with Crippen LogP contribution >= 0.6 is 0 Å². The lowest BCUT2D eigenvalue weighted by molar-refractivity contribution is -0.00323. The lowest BCUT2D eigenvalue weighted by atomic mass is 9.83. The molecule has 1 aliphatic heterocycles. The molecular weight excluding hydrogens is 296 g/mol. The van der Waals surface area contributed by atoms with Crippen LogP contribution in [-0.4, -0.2) is 12.4 Å². The summed E-state index contributed by atoms with van der Waals surface area (Å²) >= 11 is 0. The Morgan fingerprint density at radius 1 is 1.04 bits per heavy atom. The van der Waals surface area contributed by atoms with Crippen LogP contribution in [0.3, 0.4) is 0 Å². The van der Waals surface area contributed by atoms with Crippen LogP contribution in [0.2, 0.25) is 0 Å². The SMILES string of the molecule is CC(C)(C)c1ccc(C(=O)CC2(c3ccccc3)CCCO2)cc1. The van der Waals surface area contributed by atoms with Gasteiger partial charge in [-0.3, -0.25) is 4.79 Å². The molecule has 0 amide bonds. The Labute approximate surface area is 144 Å². The van der Waals surface area contributed by atoms with Gasteiger partial charge in [-0.1, -0.05) is 75.4 Å². The Kier molecular flexibility index (Phi) is 4.60. The second-order valence-electron chi connectivity index (χ2n) is 7.74. The molecule has 0 N–H and O–H groups in total. The van der Waals surface area contributed by atoms with Crippen LogP contribution < -0.4 is 0 Å². The molecule has 0 saturated carbocycles. The van der Waals surface area contributed by atoms with E-state index in [1.165, 1.54) is 5.56 Å². The summed E-state index contributed by atoms with van der Waals surface area (Å²) < 4.78 is 6.08. The number of Topliss-reactive ketones (excluding diaryl/α,β-unsaturated/α-hetero) is 1. The van der Waals surface area contributed by atoms with Gasteiger partial charge < -0.3 is 4.74 Å². The van der Waals surface area contributed by atoms with Gasteiger partial charge in [0.2, 0.25) is 0 Å². The van der Waals surface area contributed by atoms with E-state index in [1.807, 2.05) is 30.3 Å². The van der Waals surface area contributed by atoms with Crippen molar-refractivity contribution in [3.05, 3.63) is 71.3 Å². The van der Waals surface area contributed by atoms with Crippen molar-refractivity contribution in [3.63, 3.8) is 0 Å². The zero-order chi connectivity index (χ0) is 17.2. The second kappa shape index (κ2) is 6.52. The van der Waals surface area contributed by atoms with Crippen molar-refractivity contribution in [2.75, 3.05) is 6.61 Å². The van der Waals surface area contributed by atoms with Crippen LogP contribution in [0, 0.1) is 0 Å². The normalized spacial score (nSPS) is 21.0. The molecule has 1 aliphatic rings. The van der Waals surface area contributed by atoms with Gasteiger partial charge in [-0.2, -0.15) is 0 Å². The van der Waals surface area contributed by atoms with E-state index < -0.39 is 5.60 Å². The van der Waals surface area contributed by atoms with Gasteiger partial charge >= 0.3 is 0 Å². The van der Waals surface area contributed by atoms with Crippen LogP contribution in [0.25, 0.3) is 0 Å². The van der Waals surface area contributed by atoms with Gasteiger partial charge in [-0.15, -0.1) is 0 Å². The maximum absolute atomic E-state index is 12.9. The van der Waals surface area contributed by atoms with Crippen LogP contribution in [0.4, 0.5) is 0 Å². The van der Waals surface area contributed by atoms with Crippen molar-refractivity contribution in [3.8, 4) is 0 Å². The quantitative estimate of drug-likeness (QED) is 0.717. The van der Waals surface area contributed by atoms with Gasteiger partial charge in [0.15, 0.2) is 5.78 Å². The average molecular weight is 322 g/mol. The molecule has 1 fully saturated rings. The summed E-state index contributed by atoms with van der Waals surface area (Å²) in [6.45, 7) is 7.27. The number of benzene rings is 2. The van der Waals surface area contributed by atoms with Gasteiger partial charge in [0.05, 0.1) is 0 Å². The van der Waals surface area contributed by atoms with E-state index in [1.54, 1.807) is 0 Å². The molecule has 2 heteroatoms. The van der Waals surface area contributed by atoms with E-state index in [0.717, 1.165) is 30.6 Å². The fourth-order valence-corrected chi connectivity index (χ4v) is 3.43. The van der Waals surface area contributed by atoms with Gasteiger partial charge in [0, 0.05) is 18.6 Å². The third kappa shape index (κ3) is 3.44. The highest BCUT2D eigenvalue weighted by Crippen LogP contribution is 2.40. The molecule has 1 unspecified atom stereocenters. The highest BCUT2D eigenvalue weighted by molar-refractivity contribution is 5.96. The number of hydrogen-bond donors (Lipinski definition) is 0. The van der Waals surface area contributed by atoms with Crippen molar-refractivity contribution in [2.45, 2.75) is 51.0 Å². The van der Waals surface area contributed by atoms with Crippen molar-refractivity contribution < 1.29 is 9.53 Å². The summed E-state index contributed by atoms with van der Waals surface area (Å²) in [6, 6.07) is 18.2. The Hall–Kier alpha value is -1.93. The average Bonchev–Trinajstić information content (AvgIpc) is 3.05. The largest absolute Gasteiger partial charge is 0.370 e. The van der Waals surface area contributed by atoms with E-state index in [0.29, 0.717) is 6.42 Å². The van der Waals surface area contributed by atoms with Gasteiger partial charge in [-0.05, 0) is 29.4 Å². The number of carbonyl (C=O) groups is 1. The number of carbonyl (C=O) groups excluding carboxylic acids is 1. The van der Waals surface area contributed by atoms with Gasteiger partial charge in [0.1, 0.15) is 5.60 Å². The summed E-state index contributed by atoms with van der Waals surface area (Å²) in [5.41, 5.74) is 2.77. The first-order valence-corrected chi connectivity index (χ1v) is 8.74. The highest BCUT2D eigenvalue weighted by Gasteiger charge is 2.39. The second-order valence-corrected chi connectivity index (χ2v) is 7.74. The first kappa shape index (κ1) is 16.9. The summed E-state index contributed by atoms with van der Waals surface area (Å²) in [7, 11) is 0.